The fraction of sp³-hybridized carbons (Fsp3) is 0.375. The summed E-state index contributed by atoms with van der Waals surface area (Å²) in [6.07, 6.45) is 3.08. The number of nitrogens with one attached hydrogen (secondary N) is 1. The van der Waals surface area contributed by atoms with Crippen LogP contribution >= 0.6 is 11.3 Å². The van der Waals surface area contributed by atoms with Gasteiger partial charge < -0.3 is 15.8 Å². The van der Waals surface area contributed by atoms with Crippen molar-refractivity contribution in [1.29, 1.82) is 0 Å². The Morgan fingerprint density at radius 1 is 1.39 bits per heavy atom. The fourth-order valence-corrected chi connectivity index (χ4v) is 3.29. The normalized spacial score (nSPS) is 17.0. The Morgan fingerprint density at radius 2 is 2.13 bits per heavy atom. The van der Waals surface area contributed by atoms with Crippen LogP contribution in [0.3, 0.4) is 0 Å². The molecule has 1 amide bonds. The van der Waals surface area contributed by atoms with E-state index < -0.39 is 5.54 Å². The molecule has 122 valence electrons. The summed E-state index contributed by atoms with van der Waals surface area (Å²) in [6, 6.07) is 6.63. The van der Waals surface area contributed by atoms with Gasteiger partial charge in [-0.1, -0.05) is 18.2 Å². The van der Waals surface area contributed by atoms with E-state index in [2.05, 4.69) is 10.3 Å². The Labute approximate surface area is 137 Å². The summed E-state index contributed by atoms with van der Waals surface area (Å²) in [6.45, 7) is 0.973. The van der Waals surface area contributed by atoms with Gasteiger partial charge in [0.2, 0.25) is 5.91 Å². The highest BCUT2D eigenvalue weighted by molar-refractivity contribution is 7.15. The molecule has 1 aromatic carbocycles. The number of aromatic nitrogens is 1. The van der Waals surface area contributed by atoms with Gasteiger partial charge in [-0.2, -0.15) is 0 Å². The summed E-state index contributed by atoms with van der Waals surface area (Å²) >= 11 is 1.33. The summed E-state index contributed by atoms with van der Waals surface area (Å²) in [7, 11) is 0. The van der Waals surface area contributed by atoms with Crippen molar-refractivity contribution >= 4 is 22.4 Å². The highest BCUT2D eigenvalue weighted by atomic mass is 32.1. The maximum absolute atomic E-state index is 13.7. The topological polar surface area (TPSA) is 77.2 Å². The van der Waals surface area contributed by atoms with Gasteiger partial charge in [-0.05, 0) is 24.5 Å². The zero-order chi connectivity index (χ0) is 16.3. The molecule has 1 fully saturated rings. The zero-order valence-corrected chi connectivity index (χ0v) is 13.4. The van der Waals surface area contributed by atoms with E-state index in [1.54, 1.807) is 24.4 Å². The van der Waals surface area contributed by atoms with Crippen LogP contribution in [-0.2, 0) is 16.0 Å². The standard InChI is InChI=1S/C16H18FN3O2S/c17-13-4-2-1-3-11(13)9-12-10-19-15(23-12)20-14(21)16(18)5-7-22-8-6-16/h1-4,10H,5-9,18H2,(H,19,20,21). The molecule has 1 aliphatic rings. The molecular weight excluding hydrogens is 317 g/mol. The van der Waals surface area contributed by atoms with Crippen molar-refractivity contribution < 1.29 is 13.9 Å². The summed E-state index contributed by atoms with van der Waals surface area (Å²) < 4.78 is 18.9. The molecule has 1 saturated heterocycles. The molecule has 3 rings (SSSR count). The minimum absolute atomic E-state index is 0.241. The van der Waals surface area contributed by atoms with Crippen molar-refractivity contribution in [3.63, 3.8) is 0 Å². The van der Waals surface area contributed by atoms with Gasteiger partial charge >= 0.3 is 0 Å². The van der Waals surface area contributed by atoms with E-state index in [-0.39, 0.29) is 11.7 Å². The SMILES string of the molecule is NC1(C(=O)Nc2ncc(Cc3ccccc3F)s2)CCOCC1. The van der Waals surface area contributed by atoms with Crippen LogP contribution in [0.5, 0.6) is 0 Å². The lowest BCUT2D eigenvalue weighted by Gasteiger charge is -2.31. The summed E-state index contributed by atoms with van der Waals surface area (Å²) in [5.74, 6) is -0.484. The minimum atomic E-state index is -0.907. The Balaban J connectivity index is 1.65. The largest absolute Gasteiger partial charge is 0.381 e. The summed E-state index contributed by atoms with van der Waals surface area (Å²) in [5, 5.41) is 3.25. The van der Waals surface area contributed by atoms with Crippen molar-refractivity contribution in [2.24, 2.45) is 5.73 Å². The molecule has 23 heavy (non-hydrogen) atoms. The molecule has 0 saturated carbocycles. The van der Waals surface area contributed by atoms with E-state index in [0.29, 0.717) is 43.2 Å². The Kier molecular flexibility index (Phi) is 4.70. The van der Waals surface area contributed by atoms with E-state index in [1.807, 2.05) is 0 Å². The molecule has 5 nitrogen and oxygen atoms in total. The van der Waals surface area contributed by atoms with Gasteiger partial charge in [0.1, 0.15) is 11.4 Å². The zero-order valence-electron chi connectivity index (χ0n) is 12.5. The molecule has 0 radical (unpaired) electrons. The van der Waals surface area contributed by atoms with Gasteiger partial charge in [0.15, 0.2) is 5.13 Å². The van der Waals surface area contributed by atoms with Crippen LogP contribution in [0.2, 0.25) is 0 Å². The average molecular weight is 335 g/mol. The van der Waals surface area contributed by atoms with Crippen LogP contribution in [0.4, 0.5) is 9.52 Å². The molecule has 0 bridgehead atoms. The average Bonchev–Trinajstić information content (AvgIpc) is 2.97. The van der Waals surface area contributed by atoms with Crippen molar-refractivity contribution in [2.45, 2.75) is 24.8 Å². The smallest absolute Gasteiger partial charge is 0.246 e. The molecule has 2 heterocycles. The van der Waals surface area contributed by atoms with Crippen LogP contribution in [0.25, 0.3) is 0 Å². The Morgan fingerprint density at radius 3 is 2.87 bits per heavy atom. The predicted octanol–water partition coefficient (Wildman–Crippen LogP) is 2.32. The van der Waals surface area contributed by atoms with E-state index in [9.17, 15) is 9.18 Å². The lowest BCUT2D eigenvalue weighted by molar-refractivity contribution is -0.124. The number of nitrogens with zero attached hydrogens (tertiary/aromatic N) is 1. The van der Waals surface area contributed by atoms with Gasteiger partial charge in [0.05, 0.1) is 0 Å². The molecule has 1 aromatic heterocycles. The van der Waals surface area contributed by atoms with Gasteiger partial charge in [-0.15, -0.1) is 11.3 Å². The van der Waals surface area contributed by atoms with Crippen LogP contribution < -0.4 is 11.1 Å². The number of carbonyl (C=O) groups excluding carboxylic acids is 1. The van der Waals surface area contributed by atoms with Gasteiger partial charge in [0, 0.05) is 30.7 Å². The van der Waals surface area contributed by atoms with Crippen LogP contribution in [0, 0.1) is 5.82 Å². The molecule has 0 spiro atoms. The molecule has 0 atom stereocenters. The Hall–Kier alpha value is -1.83. The predicted molar refractivity (Wildman–Crippen MR) is 86.9 cm³/mol. The van der Waals surface area contributed by atoms with E-state index in [0.717, 1.165) is 4.88 Å². The molecular formula is C16H18FN3O2S. The number of halogens is 1. The number of amides is 1. The molecule has 3 N–H and O–H groups in total. The maximum atomic E-state index is 13.7. The number of hydrogen-bond acceptors (Lipinski definition) is 5. The number of rotatable bonds is 4. The third-order valence-electron chi connectivity index (χ3n) is 3.93. The first-order valence-electron chi connectivity index (χ1n) is 7.43. The molecule has 0 unspecified atom stereocenters. The number of anilines is 1. The first-order chi connectivity index (χ1) is 11.1. The van der Waals surface area contributed by atoms with Crippen molar-refractivity contribution in [3.05, 3.63) is 46.7 Å². The lowest BCUT2D eigenvalue weighted by atomic mass is 9.90. The van der Waals surface area contributed by atoms with Gasteiger partial charge in [-0.3, -0.25) is 4.79 Å². The van der Waals surface area contributed by atoms with Gasteiger partial charge in [0.25, 0.3) is 0 Å². The van der Waals surface area contributed by atoms with Crippen molar-refractivity contribution in [3.8, 4) is 0 Å². The minimum Gasteiger partial charge on any atom is -0.381 e. The first-order valence-corrected chi connectivity index (χ1v) is 8.25. The number of nitrogens with two attached hydrogens (primary N) is 1. The summed E-state index contributed by atoms with van der Waals surface area (Å²) in [5.41, 5.74) is 5.83. The number of benzene rings is 1. The lowest BCUT2D eigenvalue weighted by Crippen LogP contribution is -2.54. The molecule has 7 heteroatoms. The number of carbonyl (C=O) groups is 1. The summed E-state index contributed by atoms with van der Waals surface area (Å²) in [4.78, 5) is 17.4. The number of ether oxygens (including phenoxy) is 1. The third-order valence-corrected chi connectivity index (χ3v) is 4.85. The molecule has 2 aromatic rings. The Bertz CT molecular complexity index is 698. The van der Waals surface area contributed by atoms with Crippen molar-refractivity contribution in [1.82, 2.24) is 4.98 Å². The molecule has 1 aliphatic heterocycles. The third kappa shape index (κ3) is 3.74. The monoisotopic (exact) mass is 335 g/mol. The van der Waals surface area contributed by atoms with Crippen molar-refractivity contribution in [2.75, 3.05) is 18.5 Å². The fourth-order valence-electron chi connectivity index (χ4n) is 2.46. The second kappa shape index (κ2) is 6.74. The number of thiazole rings is 1. The first kappa shape index (κ1) is 16.0. The second-order valence-corrected chi connectivity index (χ2v) is 6.74. The van der Waals surface area contributed by atoms with Crippen LogP contribution in [0.15, 0.2) is 30.5 Å². The second-order valence-electron chi connectivity index (χ2n) is 5.62. The highest BCUT2D eigenvalue weighted by Gasteiger charge is 2.36. The number of hydrogen-bond donors (Lipinski definition) is 2. The van der Waals surface area contributed by atoms with E-state index in [1.165, 1.54) is 17.4 Å². The molecule has 0 aliphatic carbocycles. The maximum Gasteiger partial charge on any atom is 0.246 e. The van der Waals surface area contributed by atoms with Crippen LogP contribution in [0.1, 0.15) is 23.3 Å². The quantitative estimate of drug-likeness (QED) is 0.899. The van der Waals surface area contributed by atoms with Gasteiger partial charge in [-0.25, -0.2) is 9.37 Å². The van der Waals surface area contributed by atoms with E-state index in [4.69, 9.17) is 10.5 Å². The van der Waals surface area contributed by atoms with Crippen LogP contribution in [-0.4, -0.2) is 29.6 Å². The highest BCUT2D eigenvalue weighted by Crippen LogP contribution is 2.25. The van der Waals surface area contributed by atoms with E-state index >= 15 is 0 Å².